The number of alkyl halides is 3. The summed E-state index contributed by atoms with van der Waals surface area (Å²) in [5, 5.41) is 0. The second-order valence-corrected chi connectivity index (χ2v) is 2.26. The maximum absolute atomic E-state index is 11.4. The maximum Gasteiger partial charge on any atom is 0.411 e. The quantitative estimate of drug-likeness (QED) is 0.615. The SMILES string of the molecule is O=C(CP)COCC(F)(F)F. The van der Waals surface area contributed by atoms with Crippen LogP contribution in [0.2, 0.25) is 0 Å². The van der Waals surface area contributed by atoms with E-state index in [4.69, 9.17) is 0 Å². The molecular weight excluding hydrogens is 180 g/mol. The monoisotopic (exact) mass is 188 g/mol. The van der Waals surface area contributed by atoms with E-state index >= 15 is 0 Å². The zero-order chi connectivity index (χ0) is 8.91. The van der Waals surface area contributed by atoms with Gasteiger partial charge >= 0.3 is 6.18 Å². The van der Waals surface area contributed by atoms with E-state index in [0.717, 1.165) is 0 Å². The van der Waals surface area contributed by atoms with Crippen LogP contribution in [0.4, 0.5) is 13.2 Å². The first-order chi connectivity index (χ1) is 4.95. The first kappa shape index (κ1) is 10.8. The Labute approximate surface area is 64.3 Å². The molecule has 6 heteroatoms. The normalized spacial score (nSPS) is 11.6. The Kier molecular flexibility index (Phi) is 4.61. The van der Waals surface area contributed by atoms with Crippen molar-refractivity contribution in [3.63, 3.8) is 0 Å². The number of halogens is 3. The van der Waals surface area contributed by atoms with Gasteiger partial charge in [0.1, 0.15) is 13.2 Å². The lowest BCUT2D eigenvalue weighted by atomic mass is 10.5. The molecule has 0 heterocycles. The van der Waals surface area contributed by atoms with Crippen molar-refractivity contribution in [2.45, 2.75) is 6.18 Å². The van der Waals surface area contributed by atoms with Gasteiger partial charge in [-0.2, -0.15) is 13.2 Å². The highest BCUT2D eigenvalue weighted by Gasteiger charge is 2.27. The van der Waals surface area contributed by atoms with Crippen LogP contribution in [0.25, 0.3) is 0 Å². The van der Waals surface area contributed by atoms with Crippen molar-refractivity contribution in [3.05, 3.63) is 0 Å². The highest BCUT2D eigenvalue weighted by atomic mass is 31.0. The summed E-state index contributed by atoms with van der Waals surface area (Å²) in [7, 11) is 2.11. The summed E-state index contributed by atoms with van der Waals surface area (Å²) >= 11 is 0. The molecule has 66 valence electrons. The van der Waals surface area contributed by atoms with Gasteiger partial charge in [-0.25, -0.2) is 0 Å². The van der Waals surface area contributed by atoms with Gasteiger partial charge in [-0.3, -0.25) is 4.79 Å². The molecular formula is C5H8F3O2P. The van der Waals surface area contributed by atoms with Crippen molar-refractivity contribution >= 4 is 15.0 Å². The summed E-state index contributed by atoms with van der Waals surface area (Å²) in [5.41, 5.74) is 0. The Morgan fingerprint density at radius 3 is 2.36 bits per heavy atom. The van der Waals surface area contributed by atoms with E-state index in [2.05, 4.69) is 14.0 Å². The first-order valence-corrected chi connectivity index (χ1v) is 3.63. The lowest BCUT2D eigenvalue weighted by Crippen LogP contribution is -2.20. The van der Waals surface area contributed by atoms with Gasteiger partial charge < -0.3 is 4.74 Å². The third-order valence-electron chi connectivity index (χ3n) is 0.756. The van der Waals surface area contributed by atoms with Crippen LogP contribution in [0.15, 0.2) is 0 Å². The largest absolute Gasteiger partial charge is 0.411 e. The fourth-order valence-electron chi connectivity index (χ4n) is 0.340. The molecule has 0 saturated heterocycles. The molecule has 0 radical (unpaired) electrons. The Bertz CT molecular complexity index is 134. The molecule has 0 aliphatic heterocycles. The molecule has 0 aliphatic rings. The highest BCUT2D eigenvalue weighted by Crippen LogP contribution is 2.14. The van der Waals surface area contributed by atoms with E-state index in [1.807, 2.05) is 0 Å². The fraction of sp³-hybridized carbons (Fsp3) is 0.800. The third-order valence-corrected chi connectivity index (χ3v) is 1.21. The van der Waals surface area contributed by atoms with Crippen molar-refractivity contribution in [3.8, 4) is 0 Å². The number of hydrogen-bond acceptors (Lipinski definition) is 2. The molecule has 0 fully saturated rings. The topological polar surface area (TPSA) is 26.3 Å². The summed E-state index contributed by atoms with van der Waals surface area (Å²) in [6, 6.07) is 0. The molecule has 1 unspecified atom stereocenters. The Morgan fingerprint density at radius 1 is 1.45 bits per heavy atom. The van der Waals surface area contributed by atoms with Gasteiger partial charge in [0.25, 0.3) is 0 Å². The van der Waals surface area contributed by atoms with Crippen LogP contribution in [0.1, 0.15) is 0 Å². The van der Waals surface area contributed by atoms with Crippen molar-refractivity contribution in [1.82, 2.24) is 0 Å². The van der Waals surface area contributed by atoms with Crippen molar-refractivity contribution in [2.24, 2.45) is 0 Å². The van der Waals surface area contributed by atoms with Crippen LogP contribution in [0, 0.1) is 0 Å². The van der Waals surface area contributed by atoms with Gasteiger partial charge in [0.2, 0.25) is 0 Å². The van der Waals surface area contributed by atoms with Crippen LogP contribution in [0.3, 0.4) is 0 Å². The zero-order valence-corrected chi connectivity index (χ0v) is 6.80. The molecule has 0 N–H and O–H groups in total. The number of carbonyl (C=O) groups is 1. The van der Waals surface area contributed by atoms with Gasteiger partial charge in [-0.1, -0.05) is 0 Å². The van der Waals surface area contributed by atoms with Gasteiger partial charge in [0, 0.05) is 6.16 Å². The molecule has 0 bridgehead atoms. The van der Waals surface area contributed by atoms with Gasteiger partial charge in [0.05, 0.1) is 0 Å². The molecule has 2 nitrogen and oxygen atoms in total. The van der Waals surface area contributed by atoms with E-state index in [-0.39, 0.29) is 11.9 Å². The van der Waals surface area contributed by atoms with E-state index < -0.39 is 19.4 Å². The van der Waals surface area contributed by atoms with Gasteiger partial charge in [0.15, 0.2) is 5.78 Å². The lowest BCUT2D eigenvalue weighted by molar-refractivity contribution is -0.174. The minimum atomic E-state index is -4.35. The van der Waals surface area contributed by atoms with E-state index in [1.165, 1.54) is 0 Å². The average Bonchev–Trinajstić information content (AvgIpc) is 1.85. The smallest absolute Gasteiger partial charge is 0.364 e. The Morgan fingerprint density at radius 2 is 2.00 bits per heavy atom. The molecule has 0 rings (SSSR count). The van der Waals surface area contributed by atoms with Crippen molar-refractivity contribution in [1.29, 1.82) is 0 Å². The summed E-state index contributed by atoms with van der Waals surface area (Å²) in [6.07, 6.45) is -4.22. The number of Topliss-reactive ketones (excluding diaryl/α,β-unsaturated/α-hetero) is 1. The van der Waals surface area contributed by atoms with Crippen molar-refractivity contribution < 1.29 is 22.7 Å². The molecule has 0 aromatic rings. The van der Waals surface area contributed by atoms with Crippen molar-refractivity contribution in [2.75, 3.05) is 19.4 Å². The van der Waals surface area contributed by atoms with Crippen LogP contribution < -0.4 is 0 Å². The fourth-order valence-corrected chi connectivity index (χ4v) is 0.457. The minimum Gasteiger partial charge on any atom is -0.364 e. The standard InChI is InChI=1S/C5H8F3O2P/c6-5(7,8)3-10-1-4(9)2-11/h1-3,11H2. The molecule has 0 amide bonds. The number of rotatable bonds is 4. The maximum atomic E-state index is 11.4. The van der Waals surface area contributed by atoms with Crippen LogP contribution in [-0.2, 0) is 9.53 Å². The molecule has 0 saturated carbocycles. The van der Waals surface area contributed by atoms with Crippen LogP contribution >= 0.6 is 9.24 Å². The lowest BCUT2D eigenvalue weighted by Gasteiger charge is -2.05. The predicted octanol–water partition coefficient (Wildman–Crippen LogP) is 1.01. The molecule has 0 aromatic carbocycles. The zero-order valence-electron chi connectivity index (χ0n) is 5.65. The number of carbonyl (C=O) groups excluding carboxylic acids is 1. The Hall–Kier alpha value is -0.150. The van der Waals surface area contributed by atoms with Gasteiger partial charge in [-0.15, -0.1) is 9.24 Å². The van der Waals surface area contributed by atoms with E-state index in [1.54, 1.807) is 0 Å². The molecule has 0 aliphatic carbocycles. The second-order valence-electron chi connectivity index (χ2n) is 1.85. The average molecular weight is 188 g/mol. The van der Waals surface area contributed by atoms with E-state index in [0.29, 0.717) is 0 Å². The molecule has 0 spiro atoms. The predicted molar refractivity (Wildman–Crippen MR) is 36.5 cm³/mol. The highest BCUT2D eigenvalue weighted by molar-refractivity contribution is 7.18. The summed E-state index contributed by atoms with van der Waals surface area (Å²) in [5.74, 6) is -0.362. The summed E-state index contributed by atoms with van der Waals surface area (Å²) < 4.78 is 38.2. The third kappa shape index (κ3) is 7.75. The van der Waals surface area contributed by atoms with Crippen LogP contribution in [-0.4, -0.2) is 31.3 Å². The second kappa shape index (κ2) is 4.67. The van der Waals surface area contributed by atoms with Gasteiger partial charge in [-0.05, 0) is 0 Å². The number of hydrogen-bond donors (Lipinski definition) is 0. The summed E-state index contributed by atoms with van der Waals surface area (Å²) in [4.78, 5) is 10.4. The molecule has 0 aromatic heterocycles. The number of ketones is 1. The Balaban J connectivity index is 3.35. The summed E-state index contributed by atoms with van der Waals surface area (Å²) in [6.45, 7) is -1.83. The molecule has 1 atom stereocenters. The minimum absolute atomic E-state index is 0.123. The van der Waals surface area contributed by atoms with E-state index in [9.17, 15) is 18.0 Å². The van der Waals surface area contributed by atoms with Crippen LogP contribution in [0.5, 0.6) is 0 Å². The molecule has 11 heavy (non-hydrogen) atoms. The first-order valence-electron chi connectivity index (χ1n) is 2.82. The number of ether oxygens (including phenoxy) is 1.